The van der Waals surface area contributed by atoms with Crippen molar-refractivity contribution in [3.05, 3.63) is 59.7 Å². The van der Waals surface area contributed by atoms with Gasteiger partial charge in [-0.25, -0.2) is 4.79 Å². The average Bonchev–Trinajstić information content (AvgIpc) is 2.69. The Morgan fingerprint density at radius 2 is 1.74 bits per heavy atom. The van der Waals surface area contributed by atoms with Gasteiger partial charge in [0.15, 0.2) is 6.10 Å². The van der Waals surface area contributed by atoms with Crippen LogP contribution in [0, 0.1) is 0 Å². The van der Waals surface area contributed by atoms with Gasteiger partial charge in [0, 0.05) is 5.69 Å². The van der Waals surface area contributed by atoms with Gasteiger partial charge in [-0.3, -0.25) is 4.79 Å². The van der Waals surface area contributed by atoms with E-state index in [9.17, 15) is 9.59 Å². The van der Waals surface area contributed by atoms with Gasteiger partial charge in [0.2, 0.25) is 0 Å². The zero-order valence-corrected chi connectivity index (χ0v) is 16.2. The van der Waals surface area contributed by atoms with Gasteiger partial charge in [-0.05, 0) is 55.7 Å². The number of para-hydroxylation sites is 1. The van der Waals surface area contributed by atoms with Gasteiger partial charge in [0.25, 0.3) is 5.91 Å². The van der Waals surface area contributed by atoms with Crippen LogP contribution in [0.5, 0.6) is 5.75 Å². The number of rotatable bonds is 9. The molecule has 0 aliphatic carbocycles. The lowest BCUT2D eigenvalue weighted by molar-refractivity contribution is -0.122. The predicted molar refractivity (Wildman–Crippen MR) is 106 cm³/mol. The van der Waals surface area contributed by atoms with E-state index >= 15 is 0 Å². The molecule has 27 heavy (non-hydrogen) atoms. The number of amides is 1. The van der Waals surface area contributed by atoms with Crippen molar-refractivity contribution in [2.24, 2.45) is 0 Å². The van der Waals surface area contributed by atoms with Crippen LogP contribution in [0.3, 0.4) is 0 Å². The Balaban J connectivity index is 1.92. The minimum Gasteiger partial charge on any atom is -0.481 e. The minimum absolute atomic E-state index is 0.251. The summed E-state index contributed by atoms with van der Waals surface area (Å²) < 4.78 is 11.0. The molecule has 1 atom stereocenters. The zero-order valence-electron chi connectivity index (χ0n) is 16.2. The summed E-state index contributed by atoms with van der Waals surface area (Å²) in [5, 5.41) is 2.80. The maximum Gasteiger partial charge on any atom is 0.338 e. The highest BCUT2D eigenvalue weighted by Crippen LogP contribution is 2.20. The first-order valence-electron chi connectivity index (χ1n) is 9.37. The van der Waals surface area contributed by atoms with Crippen LogP contribution in [0.25, 0.3) is 0 Å². The standard InChI is InChI=1S/C22H27NO4/c1-4-6-15-26-22(25)18-11-13-19(14-12-18)23-21(24)16(3)27-20-10-8-7-9-17(20)5-2/h7-14,16H,4-6,15H2,1-3H3,(H,23,24)/t16-/m0/s1. The number of carbonyl (C=O) groups excluding carboxylic acids is 2. The maximum atomic E-state index is 12.4. The second-order valence-corrected chi connectivity index (χ2v) is 6.28. The number of anilines is 1. The molecule has 2 aromatic rings. The summed E-state index contributed by atoms with van der Waals surface area (Å²) in [6, 6.07) is 14.3. The lowest BCUT2D eigenvalue weighted by Crippen LogP contribution is -2.30. The van der Waals surface area contributed by atoms with Crippen molar-refractivity contribution >= 4 is 17.6 Å². The number of hydrogen-bond acceptors (Lipinski definition) is 4. The number of unbranched alkanes of at least 4 members (excludes halogenated alkanes) is 1. The van der Waals surface area contributed by atoms with Crippen LogP contribution in [-0.4, -0.2) is 24.6 Å². The van der Waals surface area contributed by atoms with E-state index in [-0.39, 0.29) is 11.9 Å². The molecule has 1 N–H and O–H groups in total. The minimum atomic E-state index is -0.642. The largest absolute Gasteiger partial charge is 0.481 e. The second-order valence-electron chi connectivity index (χ2n) is 6.28. The highest BCUT2D eigenvalue weighted by atomic mass is 16.5. The molecule has 0 aliphatic heterocycles. The van der Waals surface area contributed by atoms with Crippen LogP contribution in [-0.2, 0) is 16.0 Å². The molecule has 0 heterocycles. The Bertz CT molecular complexity index is 755. The number of benzene rings is 2. The predicted octanol–water partition coefficient (Wildman–Crippen LogP) is 4.61. The first-order chi connectivity index (χ1) is 13.0. The quantitative estimate of drug-likeness (QED) is 0.518. The molecule has 5 nitrogen and oxygen atoms in total. The molecular formula is C22H27NO4. The van der Waals surface area contributed by atoms with Crippen molar-refractivity contribution in [3.63, 3.8) is 0 Å². The van der Waals surface area contributed by atoms with Crippen LogP contribution < -0.4 is 10.1 Å². The van der Waals surface area contributed by atoms with Crippen molar-refractivity contribution in [2.45, 2.75) is 46.1 Å². The number of nitrogens with one attached hydrogen (secondary N) is 1. The lowest BCUT2D eigenvalue weighted by atomic mass is 10.1. The fourth-order valence-corrected chi connectivity index (χ4v) is 2.48. The first-order valence-corrected chi connectivity index (χ1v) is 9.37. The molecule has 0 radical (unpaired) electrons. The molecule has 0 bridgehead atoms. The smallest absolute Gasteiger partial charge is 0.338 e. The summed E-state index contributed by atoms with van der Waals surface area (Å²) in [5.74, 6) is 0.112. The van der Waals surface area contributed by atoms with E-state index in [0.717, 1.165) is 24.8 Å². The highest BCUT2D eigenvalue weighted by molar-refractivity contribution is 5.95. The van der Waals surface area contributed by atoms with Crippen molar-refractivity contribution in [2.75, 3.05) is 11.9 Å². The van der Waals surface area contributed by atoms with Crippen molar-refractivity contribution < 1.29 is 19.1 Å². The number of hydrogen-bond donors (Lipinski definition) is 1. The second kappa shape index (κ2) is 10.4. The highest BCUT2D eigenvalue weighted by Gasteiger charge is 2.16. The topological polar surface area (TPSA) is 64.6 Å². The van der Waals surface area contributed by atoms with E-state index in [1.165, 1.54) is 0 Å². The van der Waals surface area contributed by atoms with Gasteiger partial charge in [0.1, 0.15) is 5.75 Å². The van der Waals surface area contributed by atoms with E-state index in [4.69, 9.17) is 9.47 Å². The number of aryl methyl sites for hydroxylation is 1. The lowest BCUT2D eigenvalue weighted by Gasteiger charge is -2.17. The summed E-state index contributed by atoms with van der Waals surface area (Å²) in [4.78, 5) is 24.3. The first kappa shape index (κ1) is 20.5. The molecule has 1 amide bonds. The fraction of sp³-hybridized carbons (Fsp3) is 0.364. The summed E-state index contributed by atoms with van der Waals surface area (Å²) in [7, 11) is 0. The molecule has 0 saturated heterocycles. The molecule has 5 heteroatoms. The van der Waals surface area contributed by atoms with Gasteiger partial charge in [-0.1, -0.05) is 38.5 Å². The molecule has 2 rings (SSSR count). The molecule has 144 valence electrons. The van der Waals surface area contributed by atoms with Gasteiger partial charge in [-0.15, -0.1) is 0 Å². The maximum absolute atomic E-state index is 12.4. The Hall–Kier alpha value is -2.82. The fourth-order valence-electron chi connectivity index (χ4n) is 2.48. The van der Waals surface area contributed by atoms with E-state index < -0.39 is 6.10 Å². The number of esters is 1. The normalized spacial score (nSPS) is 11.5. The van der Waals surface area contributed by atoms with Crippen LogP contribution in [0.4, 0.5) is 5.69 Å². The van der Waals surface area contributed by atoms with Gasteiger partial charge >= 0.3 is 5.97 Å². The molecule has 0 fully saturated rings. The Morgan fingerprint density at radius 1 is 1.04 bits per heavy atom. The molecular weight excluding hydrogens is 342 g/mol. The molecule has 0 unspecified atom stereocenters. The average molecular weight is 369 g/mol. The van der Waals surface area contributed by atoms with E-state index in [2.05, 4.69) is 5.32 Å². The van der Waals surface area contributed by atoms with Gasteiger partial charge < -0.3 is 14.8 Å². The van der Waals surface area contributed by atoms with Crippen LogP contribution in [0.1, 0.15) is 49.5 Å². The van der Waals surface area contributed by atoms with Crippen LogP contribution in [0.2, 0.25) is 0 Å². The molecule has 0 aliphatic rings. The van der Waals surface area contributed by atoms with Crippen LogP contribution >= 0.6 is 0 Å². The molecule has 0 saturated carbocycles. The number of carbonyl (C=O) groups is 2. The summed E-state index contributed by atoms with van der Waals surface area (Å²) in [6.45, 7) is 6.21. The third kappa shape index (κ3) is 6.13. The van der Waals surface area contributed by atoms with Crippen molar-refractivity contribution in [1.82, 2.24) is 0 Å². The summed E-state index contributed by atoms with van der Waals surface area (Å²) in [5.41, 5.74) is 2.12. The zero-order chi connectivity index (χ0) is 19.6. The van der Waals surface area contributed by atoms with Gasteiger partial charge in [-0.2, -0.15) is 0 Å². The molecule has 0 spiro atoms. The summed E-state index contributed by atoms with van der Waals surface area (Å²) in [6.07, 6.45) is 2.01. The van der Waals surface area contributed by atoms with Gasteiger partial charge in [0.05, 0.1) is 12.2 Å². The Kier molecular flexibility index (Phi) is 7.86. The SMILES string of the molecule is CCCCOC(=O)c1ccc(NC(=O)[C@H](C)Oc2ccccc2CC)cc1. The molecule has 2 aromatic carbocycles. The van der Waals surface area contributed by atoms with Crippen molar-refractivity contribution in [3.8, 4) is 5.75 Å². The summed E-state index contributed by atoms with van der Waals surface area (Å²) >= 11 is 0. The Morgan fingerprint density at radius 3 is 2.41 bits per heavy atom. The van der Waals surface area contributed by atoms with Crippen molar-refractivity contribution in [1.29, 1.82) is 0 Å². The number of ether oxygens (including phenoxy) is 2. The van der Waals surface area contributed by atoms with E-state index in [1.54, 1.807) is 31.2 Å². The Labute approximate surface area is 160 Å². The third-order valence-electron chi connectivity index (χ3n) is 4.15. The third-order valence-corrected chi connectivity index (χ3v) is 4.15. The molecule has 0 aromatic heterocycles. The van der Waals surface area contributed by atoms with E-state index in [1.807, 2.05) is 38.1 Å². The monoisotopic (exact) mass is 369 g/mol. The van der Waals surface area contributed by atoms with E-state index in [0.29, 0.717) is 23.6 Å². The van der Waals surface area contributed by atoms with Crippen LogP contribution in [0.15, 0.2) is 48.5 Å².